The van der Waals surface area contributed by atoms with Crippen molar-refractivity contribution in [1.82, 2.24) is 24.3 Å². The second-order valence-electron chi connectivity index (χ2n) is 4.92. The normalized spacial score (nSPS) is 15.4. The van der Waals surface area contributed by atoms with Crippen molar-refractivity contribution in [3.05, 3.63) is 36.1 Å². The topological polar surface area (TPSA) is 68.4 Å². The van der Waals surface area contributed by atoms with E-state index in [0.29, 0.717) is 29.9 Å². The minimum atomic E-state index is 0.415. The molecule has 4 heterocycles. The van der Waals surface area contributed by atoms with Crippen LogP contribution in [-0.2, 0) is 4.74 Å². The largest absolute Gasteiger partial charge is 0.378 e. The van der Waals surface area contributed by atoms with E-state index in [-0.39, 0.29) is 0 Å². The lowest BCUT2D eigenvalue weighted by Crippen LogP contribution is -2.36. The average molecular weight is 317 g/mol. The van der Waals surface area contributed by atoms with Gasteiger partial charge in [0.25, 0.3) is 0 Å². The fraction of sp³-hybridized carbons (Fsp3) is 0.286. The van der Waals surface area contributed by atoms with Gasteiger partial charge in [-0.2, -0.15) is 0 Å². The number of rotatable bonds is 2. The Morgan fingerprint density at radius 3 is 2.82 bits per heavy atom. The zero-order valence-electron chi connectivity index (χ0n) is 11.7. The molecule has 1 fully saturated rings. The second kappa shape index (κ2) is 5.51. The van der Waals surface area contributed by atoms with Gasteiger partial charge < -0.3 is 9.64 Å². The molecule has 0 atom stereocenters. The van der Waals surface area contributed by atoms with Crippen molar-refractivity contribution >= 4 is 22.9 Å². The van der Waals surface area contributed by atoms with Gasteiger partial charge in [-0.15, -0.1) is 0 Å². The minimum absolute atomic E-state index is 0.415. The molecule has 3 aromatic rings. The highest BCUT2D eigenvalue weighted by Crippen LogP contribution is 2.22. The van der Waals surface area contributed by atoms with Crippen LogP contribution in [0.4, 0.5) is 5.82 Å². The first-order valence-electron chi connectivity index (χ1n) is 6.95. The molecule has 0 bridgehead atoms. The highest BCUT2D eigenvalue weighted by molar-refractivity contribution is 6.32. The Morgan fingerprint density at radius 2 is 1.95 bits per heavy atom. The quantitative estimate of drug-likeness (QED) is 0.716. The summed E-state index contributed by atoms with van der Waals surface area (Å²) in [7, 11) is 0. The number of hydrogen-bond acceptors (Lipinski definition) is 6. The zero-order valence-corrected chi connectivity index (χ0v) is 12.4. The third-order valence-corrected chi connectivity index (χ3v) is 3.89. The van der Waals surface area contributed by atoms with E-state index in [4.69, 9.17) is 16.3 Å². The number of halogens is 1. The molecule has 112 valence electrons. The predicted octanol–water partition coefficient (Wildman–Crippen LogP) is 1.68. The van der Waals surface area contributed by atoms with E-state index in [2.05, 4.69) is 24.8 Å². The number of hydrogen-bond donors (Lipinski definition) is 0. The molecular weight excluding hydrogens is 304 g/mol. The summed E-state index contributed by atoms with van der Waals surface area (Å²) in [4.78, 5) is 19.6. The summed E-state index contributed by atoms with van der Waals surface area (Å²) in [5.74, 6) is 1.53. The number of anilines is 1. The number of ether oxygens (including phenoxy) is 1. The van der Waals surface area contributed by atoms with Gasteiger partial charge in [0, 0.05) is 25.5 Å². The molecule has 0 saturated carbocycles. The van der Waals surface area contributed by atoms with Gasteiger partial charge in [-0.3, -0.25) is 9.38 Å². The lowest BCUT2D eigenvalue weighted by atomic mass is 10.4. The van der Waals surface area contributed by atoms with E-state index >= 15 is 0 Å². The van der Waals surface area contributed by atoms with Crippen LogP contribution in [0.5, 0.6) is 0 Å². The Labute approximate surface area is 131 Å². The zero-order chi connectivity index (χ0) is 14.9. The smallest absolute Gasteiger partial charge is 0.165 e. The molecule has 8 heteroatoms. The molecule has 1 aliphatic heterocycles. The van der Waals surface area contributed by atoms with Gasteiger partial charge in [-0.25, -0.2) is 15.0 Å². The van der Waals surface area contributed by atoms with Crippen LogP contribution in [0.1, 0.15) is 0 Å². The summed E-state index contributed by atoms with van der Waals surface area (Å²) in [5, 5.41) is 0.415. The molecule has 0 aromatic carbocycles. The van der Waals surface area contributed by atoms with E-state index in [1.165, 1.54) is 0 Å². The summed E-state index contributed by atoms with van der Waals surface area (Å²) < 4.78 is 7.23. The third kappa shape index (κ3) is 2.28. The first-order valence-corrected chi connectivity index (χ1v) is 7.33. The van der Waals surface area contributed by atoms with Crippen LogP contribution in [0, 0.1) is 0 Å². The van der Waals surface area contributed by atoms with Crippen molar-refractivity contribution in [2.24, 2.45) is 0 Å². The number of imidazole rings is 1. The first-order chi connectivity index (χ1) is 10.8. The lowest BCUT2D eigenvalue weighted by Gasteiger charge is -2.27. The fourth-order valence-electron chi connectivity index (χ4n) is 2.49. The highest BCUT2D eigenvalue weighted by Gasteiger charge is 2.16. The van der Waals surface area contributed by atoms with Crippen molar-refractivity contribution in [2.75, 3.05) is 31.2 Å². The Balaban J connectivity index is 1.77. The van der Waals surface area contributed by atoms with Crippen LogP contribution >= 0.6 is 11.6 Å². The summed E-state index contributed by atoms with van der Waals surface area (Å²) in [6.45, 7) is 3.05. The van der Waals surface area contributed by atoms with E-state index < -0.39 is 0 Å². The van der Waals surface area contributed by atoms with Gasteiger partial charge in [0.1, 0.15) is 17.0 Å². The maximum Gasteiger partial charge on any atom is 0.165 e. The number of nitrogens with zero attached hydrogens (tertiary/aromatic N) is 6. The Kier molecular flexibility index (Phi) is 3.36. The van der Waals surface area contributed by atoms with E-state index in [1.807, 2.05) is 10.6 Å². The standard InChI is InChI=1S/C14H13ClN6O/c15-13-11-8-18-14(21(11)2-1-17-13)10-7-16-9-12(19-10)20-3-5-22-6-4-20/h1-2,7-9H,3-6H2. The molecule has 4 rings (SSSR count). The van der Waals surface area contributed by atoms with Crippen LogP contribution in [-0.4, -0.2) is 50.6 Å². The molecule has 3 aromatic heterocycles. The summed E-state index contributed by atoms with van der Waals surface area (Å²) in [5.41, 5.74) is 1.45. The average Bonchev–Trinajstić information content (AvgIpc) is 3.01. The van der Waals surface area contributed by atoms with E-state index in [0.717, 1.165) is 24.4 Å². The van der Waals surface area contributed by atoms with Gasteiger partial charge in [0.15, 0.2) is 11.0 Å². The maximum absolute atomic E-state index is 6.08. The summed E-state index contributed by atoms with van der Waals surface area (Å²) >= 11 is 6.08. The molecule has 1 aliphatic rings. The van der Waals surface area contributed by atoms with Gasteiger partial charge in [-0.05, 0) is 0 Å². The fourth-order valence-corrected chi connectivity index (χ4v) is 2.69. The molecule has 0 N–H and O–H groups in total. The van der Waals surface area contributed by atoms with E-state index in [1.54, 1.807) is 24.8 Å². The van der Waals surface area contributed by atoms with Crippen LogP contribution in [0.15, 0.2) is 31.0 Å². The van der Waals surface area contributed by atoms with Gasteiger partial charge in [0.2, 0.25) is 0 Å². The molecule has 1 saturated heterocycles. The van der Waals surface area contributed by atoms with Crippen LogP contribution in [0.3, 0.4) is 0 Å². The van der Waals surface area contributed by atoms with Crippen molar-refractivity contribution in [3.8, 4) is 11.5 Å². The highest BCUT2D eigenvalue weighted by atomic mass is 35.5. The van der Waals surface area contributed by atoms with Crippen LogP contribution < -0.4 is 4.90 Å². The Morgan fingerprint density at radius 1 is 1.09 bits per heavy atom. The molecule has 0 aliphatic carbocycles. The Bertz CT molecular complexity index is 814. The molecule has 0 amide bonds. The molecular formula is C14H13ClN6O. The molecule has 0 unspecified atom stereocenters. The van der Waals surface area contributed by atoms with Crippen molar-refractivity contribution < 1.29 is 4.74 Å². The Hall–Kier alpha value is -2.25. The minimum Gasteiger partial charge on any atom is -0.378 e. The molecule has 0 radical (unpaired) electrons. The van der Waals surface area contributed by atoms with Gasteiger partial charge >= 0.3 is 0 Å². The van der Waals surface area contributed by atoms with Crippen molar-refractivity contribution in [2.45, 2.75) is 0 Å². The van der Waals surface area contributed by atoms with Crippen LogP contribution in [0.2, 0.25) is 5.15 Å². The van der Waals surface area contributed by atoms with Crippen LogP contribution in [0.25, 0.3) is 17.0 Å². The summed E-state index contributed by atoms with van der Waals surface area (Å²) in [6, 6.07) is 0. The second-order valence-corrected chi connectivity index (χ2v) is 5.28. The summed E-state index contributed by atoms with van der Waals surface area (Å²) in [6.07, 6.45) is 8.60. The van der Waals surface area contributed by atoms with E-state index in [9.17, 15) is 0 Å². The number of fused-ring (bicyclic) bond motifs is 1. The maximum atomic E-state index is 6.08. The molecule has 7 nitrogen and oxygen atoms in total. The van der Waals surface area contributed by atoms with Gasteiger partial charge in [0.05, 0.1) is 31.8 Å². The predicted molar refractivity (Wildman–Crippen MR) is 82.1 cm³/mol. The molecule has 22 heavy (non-hydrogen) atoms. The number of aromatic nitrogens is 5. The van der Waals surface area contributed by atoms with Gasteiger partial charge in [-0.1, -0.05) is 11.6 Å². The SMILES string of the molecule is Clc1nccn2c(-c3cncc(N4CCOCC4)n3)ncc12. The monoisotopic (exact) mass is 316 g/mol. The third-order valence-electron chi connectivity index (χ3n) is 3.60. The van der Waals surface area contributed by atoms with Crippen molar-refractivity contribution in [1.29, 1.82) is 0 Å². The van der Waals surface area contributed by atoms with Crippen molar-refractivity contribution in [3.63, 3.8) is 0 Å². The lowest BCUT2D eigenvalue weighted by molar-refractivity contribution is 0.122. The first kappa shape index (κ1) is 13.4. The number of morpholine rings is 1. The molecule has 0 spiro atoms.